The summed E-state index contributed by atoms with van der Waals surface area (Å²) < 4.78 is 11.1. The molecule has 6 nitrogen and oxygen atoms in total. The first-order valence-electron chi connectivity index (χ1n) is 8.27. The van der Waals surface area contributed by atoms with Crippen molar-refractivity contribution in [3.8, 4) is 10.8 Å². The van der Waals surface area contributed by atoms with E-state index in [1.165, 1.54) is 23.1 Å². The minimum absolute atomic E-state index is 0.0420. The number of nitrogens with zero attached hydrogens (tertiary/aromatic N) is 3. The largest absolute Gasteiger partial charge is 0.410 e. The molecule has 2 aromatic heterocycles. The van der Waals surface area contributed by atoms with Crippen LogP contribution in [-0.2, 0) is 9.53 Å². The van der Waals surface area contributed by atoms with E-state index in [1.807, 2.05) is 52.7 Å². The van der Waals surface area contributed by atoms with Gasteiger partial charge in [0.1, 0.15) is 5.25 Å². The van der Waals surface area contributed by atoms with Crippen LogP contribution in [0.2, 0.25) is 0 Å². The van der Waals surface area contributed by atoms with Crippen molar-refractivity contribution in [2.45, 2.75) is 10.5 Å². The minimum atomic E-state index is -0.425. The minimum Gasteiger partial charge on any atom is -0.410 e. The van der Waals surface area contributed by atoms with E-state index in [2.05, 4.69) is 10.2 Å². The number of carbonyl (C=O) groups is 1. The van der Waals surface area contributed by atoms with Gasteiger partial charge in [0.05, 0.1) is 18.1 Å². The summed E-state index contributed by atoms with van der Waals surface area (Å²) in [5, 5.41) is 10.2. The molecule has 3 heterocycles. The Hall–Kier alpha value is -2.16. The van der Waals surface area contributed by atoms with Gasteiger partial charge in [-0.2, -0.15) is 0 Å². The van der Waals surface area contributed by atoms with Gasteiger partial charge in [0.15, 0.2) is 0 Å². The van der Waals surface area contributed by atoms with Crippen molar-refractivity contribution in [3.05, 3.63) is 53.4 Å². The molecular formula is C18H17N3O3S2. The van der Waals surface area contributed by atoms with Crippen LogP contribution >= 0.6 is 23.1 Å². The third-order valence-electron chi connectivity index (χ3n) is 4.01. The van der Waals surface area contributed by atoms with Crippen molar-refractivity contribution < 1.29 is 13.9 Å². The summed E-state index contributed by atoms with van der Waals surface area (Å²) in [5.74, 6) is 0.522. The highest BCUT2D eigenvalue weighted by Crippen LogP contribution is 2.37. The Morgan fingerprint density at radius 1 is 1.12 bits per heavy atom. The average Bonchev–Trinajstić information content (AvgIpc) is 3.39. The molecule has 1 fully saturated rings. The summed E-state index contributed by atoms with van der Waals surface area (Å²) in [6, 6.07) is 13.6. The van der Waals surface area contributed by atoms with Gasteiger partial charge in [-0.1, -0.05) is 36.4 Å². The molecule has 26 heavy (non-hydrogen) atoms. The van der Waals surface area contributed by atoms with Gasteiger partial charge in [-0.15, -0.1) is 21.5 Å². The van der Waals surface area contributed by atoms with Gasteiger partial charge in [-0.3, -0.25) is 4.79 Å². The number of carbonyl (C=O) groups excluding carboxylic acids is 1. The van der Waals surface area contributed by atoms with Crippen molar-refractivity contribution in [1.29, 1.82) is 0 Å². The van der Waals surface area contributed by atoms with E-state index in [1.54, 1.807) is 0 Å². The Balaban J connectivity index is 1.58. The van der Waals surface area contributed by atoms with Gasteiger partial charge in [-0.05, 0) is 28.8 Å². The summed E-state index contributed by atoms with van der Waals surface area (Å²) in [4.78, 5) is 15.9. The highest BCUT2D eigenvalue weighted by atomic mass is 32.2. The number of ether oxygens (including phenoxy) is 1. The third-order valence-corrected chi connectivity index (χ3v) is 5.94. The molecule has 0 spiro atoms. The molecule has 0 bridgehead atoms. The lowest BCUT2D eigenvalue weighted by Gasteiger charge is -2.29. The first kappa shape index (κ1) is 17.3. The Bertz CT molecular complexity index is 846. The van der Waals surface area contributed by atoms with Crippen LogP contribution in [0.25, 0.3) is 10.8 Å². The van der Waals surface area contributed by atoms with Gasteiger partial charge in [-0.25, -0.2) is 0 Å². The molecule has 4 rings (SSSR count). The van der Waals surface area contributed by atoms with Crippen LogP contribution in [0.15, 0.2) is 57.5 Å². The van der Waals surface area contributed by atoms with E-state index in [0.717, 1.165) is 10.4 Å². The molecule has 134 valence electrons. The lowest BCUT2D eigenvalue weighted by atomic mass is 10.1. The zero-order chi connectivity index (χ0) is 17.8. The van der Waals surface area contributed by atoms with Crippen molar-refractivity contribution in [2.24, 2.45) is 0 Å². The predicted octanol–water partition coefficient (Wildman–Crippen LogP) is 3.49. The van der Waals surface area contributed by atoms with Crippen molar-refractivity contribution in [1.82, 2.24) is 15.1 Å². The Labute approximate surface area is 159 Å². The van der Waals surface area contributed by atoms with Crippen molar-refractivity contribution in [2.75, 3.05) is 26.3 Å². The molecule has 0 aliphatic carbocycles. The fourth-order valence-corrected chi connectivity index (χ4v) is 4.30. The summed E-state index contributed by atoms with van der Waals surface area (Å²) in [7, 11) is 0. The lowest BCUT2D eigenvalue weighted by molar-refractivity contribution is -0.134. The van der Waals surface area contributed by atoms with Gasteiger partial charge in [0.2, 0.25) is 5.91 Å². The first-order chi connectivity index (χ1) is 12.8. The highest BCUT2D eigenvalue weighted by molar-refractivity contribution is 8.00. The van der Waals surface area contributed by atoms with E-state index in [9.17, 15) is 4.79 Å². The maximum atomic E-state index is 13.1. The second kappa shape index (κ2) is 8.03. The number of hydrogen-bond donors (Lipinski definition) is 0. The predicted molar refractivity (Wildman–Crippen MR) is 100 cm³/mol. The molecule has 8 heteroatoms. The van der Waals surface area contributed by atoms with Gasteiger partial charge in [0.25, 0.3) is 11.1 Å². The smallest absolute Gasteiger partial charge is 0.278 e. The summed E-state index contributed by atoms with van der Waals surface area (Å²) in [5.41, 5.74) is 0.921. The van der Waals surface area contributed by atoms with E-state index in [0.29, 0.717) is 37.4 Å². The number of rotatable bonds is 5. The molecule has 1 amide bonds. The lowest BCUT2D eigenvalue weighted by Crippen LogP contribution is -2.42. The summed E-state index contributed by atoms with van der Waals surface area (Å²) in [6.45, 7) is 2.35. The number of morpholine rings is 1. The van der Waals surface area contributed by atoms with Crippen LogP contribution in [0.4, 0.5) is 0 Å². The molecule has 1 aliphatic heterocycles. The van der Waals surface area contributed by atoms with Crippen LogP contribution in [0, 0.1) is 0 Å². The number of thiophene rings is 1. The third kappa shape index (κ3) is 3.82. The zero-order valence-corrected chi connectivity index (χ0v) is 15.5. The molecule has 1 aliphatic rings. The molecule has 1 atom stereocenters. The molecule has 0 N–H and O–H groups in total. The molecule has 3 aromatic rings. The van der Waals surface area contributed by atoms with Crippen LogP contribution in [-0.4, -0.2) is 47.3 Å². The quantitative estimate of drug-likeness (QED) is 0.624. The van der Waals surface area contributed by atoms with E-state index in [-0.39, 0.29) is 5.91 Å². The molecule has 0 saturated carbocycles. The normalized spacial score (nSPS) is 15.8. The Morgan fingerprint density at radius 2 is 1.92 bits per heavy atom. The second-order valence-electron chi connectivity index (χ2n) is 5.70. The van der Waals surface area contributed by atoms with Crippen molar-refractivity contribution in [3.63, 3.8) is 0 Å². The standard InChI is InChI=1S/C18H17N3O3S2/c22-17(21-8-10-23-11-9-21)15(13-5-2-1-3-6-13)26-18-20-19-16(24-18)14-7-4-12-25-14/h1-7,12,15H,8-11H2. The van der Waals surface area contributed by atoms with Gasteiger partial charge < -0.3 is 14.1 Å². The molecular weight excluding hydrogens is 370 g/mol. The van der Waals surface area contributed by atoms with E-state index in [4.69, 9.17) is 9.15 Å². The second-order valence-corrected chi connectivity index (χ2v) is 7.70. The van der Waals surface area contributed by atoms with Gasteiger partial charge >= 0.3 is 0 Å². The Morgan fingerprint density at radius 3 is 2.65 bits per heavy atom. The molecule has 1 unspecified atom stereocenters. The summed E-state index contributed by atoms with van der Waals surface area (Å²) in [6.07, 6.45) is 0. The number of benzene rings is 1. The number of aromatic nitrogens is 2. The molecule has 1 aromatic carbocycles. The van der Waals surface area contributed by atoms with Crippen LogP contribution in [0.1, 0.15) is 10.8 Å². The summed E-state index contributed by atoms with van der Waals surface area (Å²) >= 11 is 2.83. The van der Waals surface area contributed by atoms with Crippen molar-refractivity contribution >= 4 is 29.0 Å². The number of thioether (sulfide) groups is 1. The van der Waals surface area contributed by atoms with Crippen LogP contribution < -0.4 is 0 Å². The fourth-order valence-electron chi connectivity index (χ4n) is 2.70. The topological polar surface area (TPSA) is 68.5 Å². The molecule has 1 saturated heterocycles. The highest BCUT2D eigenvalue weighted by Gasteiger charge is 2.30. The Kier molecular flexibility index (Phi) is 5.33. The average molecular weight is 387 g/mol. The van der Waals surface area contributed by atoms with Gasteiger partial charge in [0, 0.05) is 13.1 Å². The zero-order valence-electron chi connectivity index (χ0n) is 13.9. The van der Waals surface area contributed by atoms with Crippen LogP contribution in [0.5, 0.6) is 0 Å². The molecule has 0 radical (unpaired) electrons. The van der Waals surface area contributed by atoms with Crippen LogP contribution in [0.3, 0.4) is 0 Å². The maximum Gasteiger partial charge on any atom is 0.278 e. The first-order valence-corrected chi connectivity index (χ1v) is 10.0. The monoisotopic (exact) mass is 387 g/mol. The SMILES string of the molecule is O=C(C(Sc1nnc(-c2cccs2)o1)c1ccccc1)N1CCOCC1. The fraction of sp³-hybridized carbons (Fsp3) is 0.278. The number of amides is 1. The number of hydrogen-bond acceptors (Lipinski definition) is 7. The van der Waals surface area contributed by atoms with E-state index >= 15 is 0 Å². The maximum absolute atomic E-state index is 13.1. The van der Waals surface area contributed by atoms with E-state index < -0.39 is 5.25 Å².